The van der Waals surface area contributed by atoms with Gasteiger partial charge in [0.25, 0.3) is 5.91 Å². The molecule has 0 unspecified atom stereocenters. The van der Waals surface area contributed by atoms with Gasteiger partial charge in [0.1, 0.15) is 22.4 Å². The van der Waals surface area contributed by atoms with Gasteiger partial charge in [-0.1, -0.05) is 5.16 Å². The Morgan fingerprint density at radius 1 is 1.03 bits per heavy atom. The molecule has 2 heterocycles. The molecule has 0 aliphatic carbocycles. The largest absolute Gasteiger partial charge is 0.497 e. The third kappa shape index (κ3) is 5.05. The molecular weight excluding hydrogens is 472 g/mol. The fourth-order valence-electron chi connectivity index (χ4n) is 4.06. The van der Waals surface area contributed by atoms with E-state index in [2.05, 4.69) is 15.8 Å². The number of rotatable bonds is 7. The molecule has 0 radical (unpaired) electrons. The Balaban J connectivity index is 1.42. The summed E-state index contributed by atoms with van der Waals surface area (Å²) in [4.78, 5) is 25.5. The molecule has 1 aromatic heterocycles. The lowest BCUT2D eigenvalue weighted by Crippen LogP contribution is -2.43. The number of carbonyl (C=O) groups excluding carboxylic acids is 2. The number of anilines is 2. The molecule has 1 aliphatic heterocycles. The Morgan fingerprint density at radius 3 is 2.26 bits per heavy atom. The van der Waals surface area contributed by atoms with Gasteiger partial charge >= 0.3 is 0 Å². The minimum atomic E-state index is -3.94. The molecule has 11 heteroatoms. The van der Waals surface area contributed by atoms with Crippen molar-refractivity contribution >= 4 is 33.2 Å². The minimum absolute atomic E-state index is 0.00410. The molecule has 0 bridgehead atoms. The summed E-state index contributed by atoms with van der Waals surface area (Å²) in [5.74, 6) is 0.134. The zero-order valence-corrected chi connectivity index (χ0v) is 20.4. The SMILES string of the molecule is COc1ccc(NC(=O)c2ccc(NC(=O)[C@H]3CCCN3S(=O)(=O)c3c(C)noc3C)cc2)cc1. The Labute approximate surface area is 203 Å². The molecule has 1 saturated heterocycles. The first-order valence-electron chi connectivity index (χ1n) is 11.0. The van der Waals surface area contributed by atoms with Gasteiger partial charge in [-0.25, -0.2) is 8.42 Å². The Hall–Kier alpha value is -3.70. The van der Waals surface area contributed by atoms with Crippen LogP contribution in [0.1, 0.15) is 34.7 Å². The summed E-state index contributed by atoms with van der Waals surface area (Å²) in [6.45, 7) is 3.32. The van der Waals surface area contributed by atoms with Gasteiger partial charge in [-0.05, 0) is 75.2 Å². The minimum Gasteiger partial charge on any atom is -0.497 e. The predicted molar refractivity (Wildman–Crippen MR) is 129 cm³/mol. The number of ether oxygens (including phenoxy) is 1. The van der Waals surface area contributed by atoms with E-state index in [0.717, 1.165) is 0 Å². The highest BCUT2D eigenvalue weighted by atomic mass is 32.2. The average Bonchev–Trinajstić information content (AvgIpc) is 3.47. The smallest absolute Gasteiger partial charge is 0.255 e. The van der Waals surface area contributed by atoms with Crippen LogP contribution in [0.15, 0.2) is 57.9 Å². The molecule has 1 aliphatic rings. The maximum absolute atomic E-state index is 13.2. The fraction of sp³-hybridized carbons (Fsp3) is 0.292. The van der Waals surface area contributed by atoms with Crippen molar-refractivity contribution in [3.8, 4) is 5.75 Å². The van der Waals surface area contributed by atoms with E-state index in [1.54, 1.807) is 62.6 Å². The van der Waals surface area contributed by atoms with Crippen LogP contribution in [0, 0.1) is 13.8 Å². The Kier molecular flexibility index (Phi) is 6.90. The van der Waals surface area contributed by atoms with Gasteiger partial charge in [0.05, 0.1) is 7.11 Å². The summed E-state index contributed by atoms with van der Waals surface area (Å²) in [6.07, 6.45) is 0.960. The van der Waals surface area contributed by atoms with Crippen LogP contribution in [0.4, 0.5) is 11.4 Å². The van der Waals surface area contributed by atoms with Crippen molar-refractivity contribution < 1.29 is 27.3 Å². The molecule has 2 amide bonds. The van der Waals surface area contributed by atoms with Gasteiger partial charge in [0.15, 0.2) is 5.76 Å². The highest BCUT2D eigenvalue weighted by Crippen LogP contribution is 2.30. The molecule has 4 rings (SSSR count). The van der Waals surface area contributed by atoms with Crippen molar-refractivity contribution in [1.82, 2.24) is 9.46 Å². The number of hydrogen-bond donors (Lipinski definition) is 2. The number of amides is 2. The number of benzene rings is 2. The van der Waals surface area contributed by atoms with Gasteiger partial charge in [0, 0.05) is 23.5 Å². The van der Waals surface area contributed by atoms with Crippen LogP contribution >= 0.6 is 0 Å². The van der Waals surface area contributed by atoms with Crippen molar-refractivity contribution in [3.63, 3.8) is 0 Å². The quantitative estimate of drug-likeness (QED) is 0.511. The number of hydrogen-bond acceptors (Lipinski definition) is 7. The maximum atomic E-state index is 13.2. The standard InChI is InChI=1S/C24H26N4O6S/c1-15-22(16(2)34-27-15)35(31,32)28-14-4-5-21(28)24(30)26-18-8-6-17(7-9-18)23(29)25-19-10-12-20(33-3)13-11-19/h6-13,21H,4-5,14H2,1-3H3,(H,25,29)(H,26,30)/t21-/m1/s1. The highest BCUT2D eigenvalue weighted by Gasteiger charge is 2.41. The summed E-state index contributed by atoms with van der Waals surface area (Å²) in [5, 5.41) is 9.28. The van der Waals surface area contributed by atoms with Crippen molar-refractivity contribution in [2.24, 2.45) is 0 Å². The first-order chi connectivity index (χ1) is 16.7. The number of sulfonamides is 1. The van der Waals surface area contributed by atoms with Gasteiger partial charge in [0.2, 0.25) is 15.9 Å². The number of nitrogens with one attached hydrogen (secondary N) is 2. The molecule has 10 nitrogen and oxygen atoms in total. The topological polar surface area (TPSA) is 131 Å². The summed E-state index contributed by atoms with van der Waals surface area (Å²) < 4.78 is 37.7. The van der Waals surface area contributed by atoms with Gasteiger partial charge < -0.3 is 19.9 Å². The van der Waals surface area contributed by atoms with Crippen LogP contribution in [-0.4, -0.2) is 49.4 Å². The van der Waals surface area contributed by atoms with Crippen molar-refractivity contribution in [1.29, 1.82) is 0 Å². The van der Waals surface area contributed by atoms with E-state index in [0.29, 0.717) is 35.5 Å². The van der Waals surface area contributed by atoms with Crippen molar-refractivity contribution in [2.45, 2.75) is 37.6 Å². The monoisotopic (exact) mass is 498 g/mol. The van der Waals surface area contributed by atoms with Gasteiger partial charge in [-0.15, -0.1) is 0 Å². The number of methoxy groups -OCH3 is 1. The van der Waals surface area contributed by atoms with Crippen LogP contribution in [0.25, 0.3) is 0 Å². The summed E-state index contributed by atoms with van der Waals surface area (Å²) in [5.41, 5.74) is 1.74. The second-order valence-corrected chi connectivity index (χ2v) is 10.0. The predicted octanol–water partition coefficient (Wildman–Crippen LogP) is 3.34. The lowest BCUT2D eigenvalue weighted by Gasteiger charge is -2.23. The third-order valence-corrected chi connectivity index (χ3v) is 7.96. The average molecular weight is 499 g/mol. The molecule has 1 atom stereocenters. The first-order valence-corrected chi connectivity index (χ1v) is 12.5. The molecule has 3 aromatic rings. The fourth-order valence-corrected chi connectivity index (χ4v) is 6.01. The van der Waals surface area contributed by atoms with Gasteiger partial charge in [-0.2, -0.15) is 4.31 Å². The molecule has 35 heavy (non-hydrogen) atoms. The van der Waals surface area contributed by atoms with E-state index in [1.165, 1.54) is 11.2 Å². The number of nitrogens with zero attached hydrogens (tertiary/aromatic N) is 2. The molecule has 0 spiro atoms. The molecule has 1 fully saturated rings. The zero-order chi connectivity index (χ0) is 25.2. The van der Waals surface area contributed by atoms with E-state index in [-0.39, 0.29) is 28.8 Å². The number of aromatic nitrogens is 1. The van der Waals surface area contributed by atoms with Crippen molar-refractivity contribution in [2.75, 3.05) is 24.3 Å². The molecule has 0 saturated carbocycles. The van der Waals surface area contributed by atoms with E-state index in [9.17, 15) is 18.0 Å². The second kappa shape index (κ2) is 9.88. The normalized spacial score (nSPS) is 16.1. The third-order valence-electron chi connectivity index (χ3n) is 5.80. The molecular formula is C24H26N4O6S. The van der Waals surface area contributed by atoms with E-state index in [4.69, 9.17) is 9.26 Å². The lowest BCUT2D eigenvalue weighted by atomic mass is 10.1. The summed E-state index contributed by atoms with van der Waals surface area (Å²) in [6, 6.07) is 12.5. The molecule has 2 aromatic carbocycles. The second-order valence-electron chi connectivity index (χ2n) is 8.18. The van der Waals surface area contributed by atoms with Crippen LogP contribution in [0.3, 0.4) is 0 Å². The van der Waals surface area contributed by atoms with Gasteiger partial charge in [-0.3, -0.25) is 9.59 Å². The van der Waals surface area contributed by atoms with Crippen LogP contribution in [-0.2, 0) is 14.8 Å². The van der Waals surface area contributed by atoms with Crippen LogP contribution in [0.5, 0.6) is 5.75 Å². The number of carbonyl (C=O) groups is 2. The first kappa shape index (κ1) is 24.4. The van der Waals surface area contributed by atoms with E-state index >= 15 is 0 Å². The Morgan fingerprint density at radius 2 is 1.66 bits per heavy atom. The van der Waals surface area contributed by atoms with E-state index < -0.39 is 22.0 Å². The van der Waals surface area contributed by atoms with E-state index in [1.807, 2.05) is 0 Å². The summed E-state index contributed by atoms with van der Waals surface area (Å²) >= 11 is 0. The van der Waals surface area contributed by atoms with Crippen LogP contribution < -0.4 is 15.4 Å². The highest BCUT2D eigenvalue weighted by molar-refractivity contribution is 7.89. The van der Waals surface area contributed by atoms with Crippen molar-refractivity contribution in [3.05, 3.63) is 65.5 Å². The molecule has 2 N–H and O–H groups in total. The zero-order valence-electron chi connectivity index (χ0n) is 19.6. The summed E-state index contributed by atoms with van der Waals surface area (Å²) in [7, 11) is -2.37. The number of aryl methyl sites for hydroxylation is 2. The Bertz CT molecular complexity index is 1310. The maximum Gasteiger partial charge on any atom is 0.255 e. The lowest BCUT2D eigenvalue weighted by molar-refractivity contribution is -0.119. The van der Waals surface area contributed by atoms with Crippen LogP contribution in [0.2, 0.25) is 0 Å². The molecule has 184 valence electrons.